The van der Waals surface area contributed by atoms with Crippen molar-refractivity contribution in [2.24, 2.45) is 17.3 Å². The van der Waals surface area contributed by atoms with Gasteiger partial charge in [0.25, 0.3) is 0 Å². The molecular formula is C15H28N2O4. The third kappa shape index (κ3) is 7.11. The second-order valence-electron chi connectivity index (χ2n) is 6.79. The van der Waals surface area contributed by atoms with Gasteiger partial charge in [-0.1, -0.05) is 27.7 Å². The Bertz CT molecular complexity index is 389. The number of aliphatic carboxylic acids is 1. The molecule has 0 aromatic heterocycles. The molecule has 0 aliphatic carbocycles. The molecule has 122 valence electrons. The molecule has 0 heterocycles. The fourth-order valence-corrected chi connectivity index (χ4v) is 1.63. The Labute approximate surface area is 126 Å². The van der Waals surface area contributed by atoms with Crippen LogP contribution in [-0.2, 0) is 14.4 Å². The summed E-state index contributed by atoms with van der Waals surface area (Å²) >= 11 is 0. The molecule has 1 atom stereocenters. The summed E-state index contributed by atoms with van der Waals surface area (Å²) in [5, 5.41) is 14.3. The highest BCUT2D eigenvalue weighted by molar-refractivity contribution is 5.88. The van der Waals surface area contributed by atoms with Crippen molar-refractivity contribution in [3.05, 3.63) is 0 Å². The molecule has 0 aromatic rings. The van der Waals surface area contributed by atoms with E-state index in [1.807, 2.05) is 27.7 Å². The number of amides is 2. The van der Waals surface area contributed by atoms with Crippen LogP contribution in [0.25, 0.3) is 0 Å². The van der Waals surface area contributed by atoms with Gasteiger partial charge < -0.3 is 15.7 Å². The first-order chi connectivity index (χ1) is 9.47. The third-order valence-corrected chi connectivity index (χ3v) is 3.14. The fourth-order valence-electron chi connectivity index (χ4n) is 1.63. The Kier molecular flexibility index (Phi) is 7.39. The first kappa shape index (κ1) is 19.4. The first-order valence-corrected chi connectivity index (χ1v) is 7.27. The Balaban J connectivity index is 4.64. The SMILES string of the molecule is CC(C)CC(=O)NC(C(=O)NCC(C)(C)C(=O)O)C(C)C. The van der Waals surface area contributed by atoms with Gasteiger partial charge in [0.05, 0.1) is 5.41 Å². The van der Waals surface area contributed by atoms with E-state index in [-0.39, 0.29) is 30.2 Å². The largest absolute Gasteiger partial charge is 0.481 e. The number of carbonyl (C=O) groups excluding carboxylic acids is 2. The van der Waals surface area contributed by atoms with Crippen molar-refractivity contribution in [1.29, 1.82) is 0 Å². The Morgan fingerprint density at radius 3 is 2.00 bits per heavy atom. The lowest BCUT2D eigenvalue weighted by Gasteiger charge is -2.25. The second kappa shape index (κ2) is 8.00. The number of hydrogen-bond donors (Lipinski definition) is 3. The number of carboxylic acids is 1. The number of rotatable bonds is 8. The van der Waals surface area contributed by atoms with E-state index in [1.54, 1.807) is 0 Å². The molecule has 0 rings (SSSR count). The van der Waals surface area contributed by atoms with Gasteiger partial charge in [-0.15, -0.1) is 0 Å². The van der Waals surface area contributed by atoms with Crippen molar-refractivity contribution in [2.75, 3.05) is 6.54 Å². The minimum atomic E-state index is -1.04. The molecular weight excluding hydrogens is 272 g/mol. The zero-order valence-corrected chi connectivity index (χ0v) is 13.8. The average Bonchev–Trinajstić information content (AvgIpc) is 2.31. The highest BCUT2D eigenvalue weighted by Crippen LogP contribution is 2.13. The van der Waals surface area contributed by atoms with Crippen LogP contribution < -0.4 is 10.6 Å². The maximum atomic E-state index is 12.2. The van der Waals surface area contributed by atoms with Crippen molar-refractivity contribution in [3.63, 3.8) is 0 Å². The smallest absolute Gasteiger partial charge is 0.310 e. The average molecular weight is 300 g/mol. The van der Waals surface area contributed by atoms with Crippen LogP contribution in [-0.4, -0.2) is 35.5 Å². The Morgan fingerprint density at radius 1 is 1.10 bits per heavy atom. The topological polar surface area (TPSA) is 95.5 Å². The van der Waals surface area contributed by atoms with E-state index in [9.17, 15) is 14.4 Å². The van der Waals surface area contributed by atoms with Gasteiger partial charge in [-0.3, -0.25) is 14.4 Å². The van der Waals surface area contributed by atoms with Gasteiger partial charge in [-0.2, -0.15) is 0 Å². The monoisotopic (exact) mass is 300 g/mol. The van der Waals surface area contributed by atoms with Gasteiger partial charge in [0, 0.05) is 13.0 Å². The summed E-state index contributed by atoms with van der Waals surface area (Å²) in [5.41, 5.74) is -1.04. The number of nitrogens with one attached hydrogen (secondary N) is 2. The number of carbonyl (C=O) groups is 3. The fraction of sp³-hybridized carbons (Fsp3) is 0.800. The summed E-state index contributed by atoms with van der Waals surface area (Å²) < 4.78 is 0. The molecule has 6 nitrogen and oxygen atoms in total. The van der Waals surface area contributed by atoms with Gasteiger partial charge >= 0.3 is 5.97 Å². The second-order valence-corrected chi connectivity index (χ2v) is 6.79. The molecule has 0 radical (unpaired) electrons. The predicted molar refractivity (Wildman–Crippen MR) is 80.7 cm³/mol. The molecule has 0 aliphatic rings. The first-order valence-electron chi connectivity index (χ1n) is 7.27. The van der Waals surface area contributed by atoms with Crippen LogP contribution >= 0.6 is 0 Å². The number of hydrogen-bond acceptors (Lipinski definition) is 3. The molecule has 2 amide bonds. The van der Waals surface area contributed by atoms with Crippen molar-refractivity contribution in [1.82, 2.24) is 10.6 Å². The quantitative estimate of drug-likeness (QED) is 0.631. The molecule has 0 saturated heterocycles. The van der Waals surface area contributed by atoms with Gasteiger partial charge in [0.15, 0.2) is 0 Å². The summed E-state index contributed by atoms with van der Waals surface area (Å²) in [5.74, 6) is -1.36. The Morgan fingerprint density at radius 2 is 1.62 bits per heavy atom. The molecule has 1 unspecified atom stereocenters. The maximum absolute atomic E-state index is 12.2. The lowest BCUT2D eigenvalue weighted by Crippen LogP contribution is -2.52. The van der Waals surface area contributed by atoms with Crippen molar-refractivity contribution in [2.45, 2.75) is 54.0 Å². The normalized spacial score (nSPS) is 13.1. The van der Waals surface area contributed by atoms with Crippen molar-refractivity contribution < 1.29 is 19.5 Å². The molecule has 6 heteroatoms. The van der Waals surface area contributed by atoms with Crippen LogP contribution in [0.5, 0.6) is 0 Å². The van der Waals surface area contributed by atoms with Crippen LogP contribution in [0.4, 0.5) is 0 Å². The summed E-state index contributed by atoms with van der Waals surface area (Å²) in [6.07, 6.45) is 0.358. The van der Waals surface area contributed by atoms with Crippen LogP contribution in [0.15, 0.2) is 0 Å². The molecule has 0 spiro atoms. The zero-order chi connectivity index (χ0) is 16.8. The molecule has 0 aliphatic heterocycles. The predicted octanol–water partition coefficient (Wildman–Crippen LogP) is 1.40. The maximum Gasteiger partial charge on any atom is 0.310 e. The van der Waals surface area contributed by atoms with E-state index in [0.29, 0.717) is 6.42 Å². The highest BCUT2D eigenvalue weighted by atomic mass is 16.4. The van der Waals surface area contributed by atoms with E-state index in [0.717, 1.165) is 0 Å². The molecule has 0 saturated carbocycles. The lowest BCUT2D eigenvalue weighted by atomic mass is 9.93. The minimum Gasteiger partial charge on any atom is -0.481 e. The standard InChI is InChI=1S/C15H28N2O4/c1-9(2)7-11(18)17-12(10(3)4)13(19)16-8-15(5,6)14(20)21/h9-10,12H,7-8H2,1-6H3,(H,16,19)(H,17,18)(H,20,21). The van der Waals surface area contributed by atoms with Crippen LogP contribution in [0, 0.1) is 17.3 Å². The summed E-state index contributed by atoms with van der Waals surface area (Å²) in [4.78, 5) is 35.0. The molecule has 0 fully saturated rings. The third-order valence-electron chi connectivity index (χ3n) is 3.14. The zero-order valence-electron chi connectivity index (χ0n) is 13.8. The summed E-state index contributed by atoms with van der Waals surface area (Å²) in [7, 11) is 0. The van der Waals surface area contributed by atoms with Gasteiger partial charge in [-0.25, -0.2) is 0 Å². The van der Waals surface area contributed by atoms with Gasteiger partial charge in [0.2, 0.25) is 11.8 Å². The molecule has 0 aromatic carbocycles. The van der Waals surface area contributed by atoms with Crippen LogP contribution in [0.1, 0.15) is 48.0 Å². The van der Waals surface area contributed by atoms with Crippen molar-refractivity contribution >= 4 is 17.8 Å². The lowest BCUT2D eigenvalue weighted by molar-refractivity contribution is -0.147. The van der Waals surface area contributed by atoms with Crippen molar-refractivity contribution in [3.8, 4) is 0 Å². The van der Waals surface area contributed by atoms with E-state index >= 15 is 0 Å². The van der Waals surface area contributed by atoms with E-state index in [2.05, 4.69) is 10.6 Å². The van der Waals surface area contributed by atoms with E-state index in [1.165, 1.54) is 13.8 Å². The highest BCUT2D eigenvalue weighted by Gasteiger charge is 2.30. The number of carboxylic acid groups (broad SMARTS) is 1. The van der Waals surface area contributed by atoms with Gasteiger partial charge in [-0.05, 0) is 25.7 Å². The van der Waals surface area contributed by atoms with Crippen LogP contribution in [0.2, 0.25) is 0 Å². The van der Waals surface area contributed by atoms with Crippen LogP contribution in [0.3, 0.4) is 0 Å². The van der Waals surface area contributed by atoms with Gasteiger partial charge in [0.1, 0.15) is 6.04 Å². The Hall–Kier alpha value is -1.59. The summed E-state index contributed by atoms with van der Waals surface area (Å²) in [6.45, 7) is 10.6. The summed E-state index contributed by atoms with van der Waals surface area (Å²) in [6, 6.07) is -0.652. The van der Waals surface area contributed by atoms with E-state index in [4.69, 9.17) is 5.11 Å². The molecule has 0 bridgehead atoms. The minimum absolute atomic E-state index is 0.0183. The molecule has 3 N–H and O–H groups in total. The molecule has 21 heavy (non-hydrogen) atoms. The van der Waals surface area contributed by atoms with E-state index < -0.39 is 17.4 Å².